The number of Topliss-reactive ketones (excluding diaryl/α,β-unsaturated/α-hetero) is 1. The lowest BCUT2D eigenvalue weighted by atomic mass is 9.88. The molecule has 1 atom stereocenters. The molecule has 0 amide bonds. The summed E-state index contributed by atoms with van der Waals surface area (Å²) in [6.45, 7) is 2.55. The van der Waals surface area contributed by atoms with Crippen molar-refractivity contribution in [2.75, 3.05) is 6.61 Å². The van der Waals surface area contributed by atoms with E-state index in [1.807, 2.05) is 6.92 Å². The second kappa shape index (κ2) is 5.15. The molecule has 2 rings (SSSR count). The Bertz CT molecular complexity index is 414. The summed E-state index contributed by atoms with van der Waals surface area (Å²) in [7, 11) is 0. The van der Waals surface area contributed by atoms with Crippen molar-refractivity contribution in [3.05, 3.63) is 29.0 Å². The van der Waals surface area contributed by atoms with Crippen molar-refractivity contribution in [3.63, 3.8) is 0 Å². The molecule has 17 heavy (non-hydrogen) atoms. The second-order valence-corrected chi connectivity index (χ2v) is 5.01. The quantitative estimate of drug-likeness (QED) is 0.832. The number of pyridine rings is 1. The highest BCUT2D eigenvalue weighted by molar-refractivity contribution is 6.31. The van der Waals surface area contributed by atoms with Crippen molar-refractivity contribution in [3.8, 4) is 0 Å². The van der Waals surface area contributed by atoms with Crippen molar-refractivity contribution < 1.29 is 9.53 Å². The van der Waals surface area contributed by atoms with E-state index >= 15 is 0 Å². The lowest BCUT2D eigenvalue weighted by Gasteiger charge is -2.32. The van der Waals surface area contributed by atoms with Crippen LogP contribution in [0.3, 0.4) is 0 Å². The van der Waals surface area contributed by atoms with E-state index in [1.165, 1.54) is 0 Å². The fourth-order valence-corrected chi connectivity index (χ4v) is 2.25. The fraction of sp³-hybridized carbons (Fsp3) is 0.538. The minimum Gasteiger partial charge on any atom is -0.367 e. The van der Waals surface area contributed by atoms with Crippen LogP contribution in [0.25, 0.3) is 0 Å². The number of halogens is 1. The maximum Gasteiger partial charge on any atom is 0.168 e. The molecular formula is C13H16ClNO2. The molecule has 1 aromatic heterocycles. The van der Waals surface area contributed by atoms with Gasteiger partial charge in [-0.15, -0.1) is 0 Å². The number of ether oxygens (including phenoxy) is 1. The molecule has 1 fully saturated rings. The van der Waals surface area contributed by atoms with Crippen LogP contribution in [0, 0.1) is 0 Å². The van der Waals surface area contributed by atoms with E-state index in [0.717, 1.165) is 24.8 Å². The van der Waals surface area contributed by atoms with Gasteiger partial charge in [-0.1, -0.05) is 11.6 Å². The van der Waals surface area contributed by atoms with E-state index in [1.54, 1.807) is 18.5 Å². The number of hydrogen-bond acceptors (Lipinski definition) is 3. The summed E-state index contributed by atoms with van der Waals surface area (Å²) in [5, 5.41) is 0.542. The first-order chi connectivity index (χ1) is 8.12. The fourth-order valence-electron chi connectivity index (χ4n) is 2.06. The Morgan fingerprint density at radius 1 is 1.59 bits per heavy atom. The summed E-state index contributed by atoms with van der Waals surface area (Å²) in [5.74, 6) is 0.102. The molecule has 0 saturated carbocycles. The van der Waals surface area contributed by atoms with Crippen molar-refractivity contribution in [2.45, 2.75) is 38.2 Å². The maximum atomic E-state index is 12.2. The number of nitrogens with zero attached hydrogens (tertiary/aromatic N) is 1. The normalized spacial score (nSPS) is 24.6. The molecule has 2 heterocycles. The summed E-state index contributed by atoms with van der Waals surface area (Å²) in [6.07, 6.45) is 6.42. The van der Waals surface area contributed by atoms with Gasteiger partial charge in [-0.3, -0.25) is 9.78 Å². The van der Waals surface area contributed by atoms with Crippen LogP contribution in [-0.4, -0.2) is 23.0 Å². The van der Waals surface area contributed by atoms with Crippen molar-refractivity contribution in [2.24, 2.45) is 0 Å². The molecule has 0 aromatic carbocycles. The maximum absolute atomic E-state index is 12.2. The molecular weight excluding hydrogens is 238 g/mol. The lowest BCUT2D eigenvalue weighted by molar-refractivity contribution is -0.147. The van der Waals surface area contributed by atoms with Gasteiger partial charge in [-0.25, -0.2) is 0 Å². The molecule has 1 unspecified atom stereocenters. The van der Waals surface area contributed by atoms with Crippen molar-refractivity contribution in [1.29, 1.82) is 0 Å². The monoisotopic (exact) mass is 253 g/mol. The van der Waals surface area contributed by atoms with Gasteiger partial charge in [0.25, 0.3) is 0 Å². The number of carbonyl (C=O) groups excluding carboxylic acids is 1. The van der Waals surface area contributed by atoms with Gasteiger partial charge in [0, 0.05) is 25.4 Å². The van der Waals surface area contributed by atoms with Gasteiger partial charge in [0.2, 0.25) is 0 Å². The topological polar surface area (TPSA) is 39.2 Å². The highest BCUT2D eigenvalue weighted by Gasteiger charge is 2.35. The third-order valence-electron chi connectivity index (χ3n) is 3.27. The Balaban J connectivity index is 2.08. The number of ketones is 1. The van der Waals surface area contributed by atoms with E-state index in [9.17, 15) is 4.79 Å². The van der Waals surface area contributed by atoms with Crippen LogP contribution in [0.2, 0.25) is 5.02 Å². The van der Waals surface area contributed by atoms with Crippen LogP contribution in [0.15, 0.2) is 18.5 Å². The average Bonchev–Trinajstić information content (AvgIpc) is 2.33. The number of aromatic nitrogens is 1. The molecule has 0 bridgehead atoms. The van der Waals surface area contributed by atoms with Gasteiger partial charge in [-0.2, -0.15) is 0 Å². The first-order valence-corrected chi connectivity index (χ1v) is 6.25. The zero-order valence-electron chi connectivity index (χ0n) is 9.91. The van der Waals surface area contributed by atoms with Gasteiger partial charge in [0.15, 0.2) is 5.78 Å². The predicted molar refractivity (Wildman–Crippen MR) is 66.2 cm³/mol. The van der Waals surface area contributed by atoms with E-state index in [2.05, 4.69) is 4.98 Å². The Kier molecular flexibility index (Phi) is 3.79. The van der Waals surface area contributed by atoms with Crippen LogP contribution >= 0.6 is 11.6 Å². The zero-order valence-corrected chi connectivity index (χ0v) is 10.7. The van der Waals surface area contributed by atoms with Crippen molar-refractivity contribution >= 4 is 17.4 Å². The standard InChI is InChI=1S/C13H16ClNO2/c1-13(5-2-3-7-17-13)12(16)8-10-4-6-15-9-11(10)14/h4,6,9H,2-3,5,7-8H2,1H3. The lowest BCUT2D eigenvalue weighted by Crippen LogP contribution is -2.42. The third-order valence-corrected chi connectivity index (χ3v) is 3.61. The molecule has 1 aliphatic heterocycles. The molecule has 0 N–H and O–H groups in total. The van der Waals surface area contributed by atoms with Gasteiger partial charge < -0.3 is 4.74 Å². The van der Waals surface area contributed by atoms with E-state index in [0.29, 0.717) is 18.1 Å². The second-order valence-electron chi connectivity index (χ2n) is 4.60. The number of rotatable bonds is 3. The smallest absolute Gasteiger partial charge is 0.168 e. The Labute approximate surface area is 106 Å². The van der Waals surface area contributed by atoms with Crippen LogP contribution in [0.4, 0.5) is 0 Å². The van der Waals surface area contributed by atoms with Gasteiger partial charge in [0.05, 0.1) is 5.02 Å². The molecule has 1 aliphatic rings. The Morgan fingerprint density at radius 2 is 2.41 bits per heavy atom. The molecule has 1 aromatic rings. The predicted octanol–water partition coefficient (Wildman–Crippen LogP) is 2.81. The summed E-state index contributed by atoms with van der Waals surface area (Å²) < 4.78 is 5.63. The van der Waals surface area contributed by atoms with Crippen molar-refractivity contribution in [1.82, 2.24) is 4.98 Å². The molecule has 0 radical (unpaired) electrons. The minimum atomic E-state index is -0.634. The largest absolute Gasteiger partial charge is 0.367 e. The van der Waals surface area contributed by atoms with E-state index in [-0.39, 0.29) is 5.78 Å². The van der Waals surface area contributed by atoms with Crippen LogP contribution in [-0.2, 0) is 16.0 Å². The summed E-state index contributed by atoms with van der Waals surface area (Å²) in [4.78, 5) is 16.1. The SMILES string of the molecule is CC1(C(=O)Cc2ccncc2Cl)CCCCO1. The molecule has 3 nitrogen and oxygen atoms in total. The average molecular weight is 254 g/mol. The third kappa shape index (κ3) is 2.85. The molecule has 92 valence electrons. The summed E-state index contributed by atoms with van der Waals surface area (Å²) in [5.41, 5.74) is 0.187. The van der Waals surface area contributed by atoms with Gasteiger partial charge in [0.1, 0.15) is 5.60 Å². The zero-order chi connectivity index (χ0) is 12.3. The van der Waals surface area contributed by atoms with Gasteiger partial charge in [-0.05, 0) is 37.8 Å². The Morgan fingerprint density at radius 3 is 3.06 bits per heavy atom. The summed E-state index contributed by atoms with van der Waals surface area (Å²) in [6, 6.07) is 1.78. The molecule has 1 saturated heterocycles. The van der Waals surface area contributed by atoms with Crippen LogP contribution in [0.1, 0.15) is 31.7 Å². The molecule has 0 spiro atoms. The number of carbonyl (C=O) groups is 1. The Hall–Kier alpha value is -0.930. The number of hydrogen-bond donors (Lipinski definition) is 0. The summed E-state index contributed by atoms with van der Waals surface area (Å²) >= 11 is 6.00. The van der Waals surface area contributed by atoms with E-state index < -0.39 is 5.60 Å². The van der Waals surface area contributed by atoms with Crippen LogP contribution in [0.5, 0.6) is 0 Å². The molecule has 0 aliphatic carbocycles. The van der Waals surface area contributed by atoms with Gasteiger partial charge >= 0.3 is 0 Å². The molecule has 4 heteroatoms. The van der Waals surface area contributed by atoms with Crippen LogP contribution < -0.4 is 0 Å². The first-order valence-electron chi connectivity index (χ1n) is 5.87. The highest BCUT2D eigenvalue weighted by atomic mass is 35.5. The first kappa shape index (κ1) is 12.5. The van der Waals surface area contributed by atoms with E-state index in [4.69, 9.17) is 16.3 Å². The minimum absolute atomic E-state index is 0.102. The highest BCUT2D eigenvalue weighted by Crippen LogP contribution is 2.27.